The molecular weight excluding hydrogens is 298 g/mol. The van der Waals surface area contributed by atoms with Gasteiger partial charge < -0.3 is 9.63 Å². The standard InChI is InChI=1S/C16H21N3O2S/c1-12-7-6-8-13(2)18(12)19-15(16(20)21-17-19)11-22-14-9-4-3-5-10-14/h3-5,9-10,12-13H,6-8,11H2,1-2H3. The van der Waals surface area contributed by atoms with Crippen LogP contribution in [0.4, 0.5) is 0 Å². The Hall–Kier alpha value is -1.69. The zero-order valence-corrected chi connectivity index (χ0v) is 13.8. The second-order valence-electron chi connectivity index (χ2n) is 5.81. The SMILES string of the molecule is CC1CCCC(C)N1[n+]1noc([O-])c1CSc1ccccc1. The lowest BCUT2D eigenvalue weighted by Crippen LogP contribution is -2.69. The van der Waals surface area contributed by atoms with Gasteiger partial charge in [0.05, 0.1) is 17.8 Å². The minimum atomic E-state index is -0.339. The molecule has 0 radical (unpaired) electrons. The van der Waals surface area contributed by atoms with Crippen LogP contribution in [0.5, 0.6) is 5.95 Å². The number of aromatic nitrogens is 2. The maximum Gasteiger partial charge on any atom is 0.277 e. The molecular formula is C16H21N3O2S. The fourth-order valence-corrected chi connectivity index (χ4v) is 3.89. The molecule has 0 saturated carbocycles. The lowest BCUT2D eigenvalue weighted by molar-refractivity contribution is -0.771. The molecule has 2 heterocycles. The third-order valence-corrected chi connectivity index (χ3v) is 5.19. The fraction of sp³-hybridized carbons (Fsp3) is 0.500. The number of benzene rings is 1. The van der Waals surface area contributed by atoms with E-state index in [-0.39, 0.29) is 5.95 Å². The molecule has 1 saturated heterocycles. The minimum absolute atomic E-state index is 0.339. The topological polar surface area (TPSA) is 56.2 Å². The van der Waals surface area contributed by atoms with Gasteiger partial charge >= 0.3 is 0 Å². The highest BCUT2D eigenvalue weighted by atomic mass is 32.2. The smallest absolute Gasteiger partial charge is 0.277 e. The first-order chi connectivity index (χ1) is 10.7. The van der Waals surface area contributed by atoms with Crippen molar-refractivity contribution in [2.75, 3.05) is 5.01 Å². The van der Waals surface area contributed by atoms with Crippen LogP contribution in [-0.4, -0.2) is 17.4 Å². The zero-order valence-electron chi connectivity index (χ0n) is 12.9. The molecule has 0 N–H and O–H groups in total. The van der Waals surface area contributed by atoms with Crippen LogP contribution in [0.2, 0.25) is 0 Å². The Kier molecular flexibility index (Phi) is 4.57. The van der Waals surface area contributed by atoms with Crippen molar-refractivity contribution in [3.05, 3.63) is 36.0 Å². The molecule has 2 aromatic rings. The van der Waals surface area contributed by atoms with Gasteiger partial charge in [-0.05, 0) is 45.2 Å². The Morgan fingerprint density at radius 1 is 1.27 bits per heavy atom. The van der Waals surface area contributed by atoms with E-state index in [9.17, 15) is 5.11 Å². The summed E-state index contributed by atoms with van der Waals surface area (Å²) in [4.78, 5) is 2.83. The quantitative estimate of drug-likeness (QED) is 0.639. The van der Waals surface area contributed by atoms with Gasteiger partial charge in [0.2, 0.25) is 0 Å². The Balaban J connectivity index is 1.81. The number of hydrogen-bond donors (Lipinski definition) is 0. The van der Waals surface area contributed by atoms with Crippen LogP contribution >= 0.6 is 11.8 Å². The summed E-state index contributed by atoms with van der Waals surface area (Å²) in [6.45, 7) is 4.35. The first-order valence-electron chi connectivity index (χ1n) is 7.71. The van der Waals surface area contributed by atoms with Crippen LogP contribution in [0.1, 0.15) is 38.8 Å². The van der Waals surface area contributed by atoms with Gasteiger partial charge in [-0.2, -0.15) is 0 Å². The summed E-state index contributed by atoms with van der Waals surface area (Å²) < 4.78 is 4.94. The van der Waals surface area contributed by atoms with Gasteiger partial charge in [-0.3, -0.25) is 0 Å². The molecule has 1 aliphatic heterocycles. The normalized spacial score (nSPS) is 22.0. The van der Waals surface area contributed by atoms with E-state index in [4.69, 9.17) is 4.52 Å². The molecule has 1 fully saturated rings. The molecule has 1 aliphatic rings. The van der Waals surface area contributed by atoms with Crippen molar-refractivity contribution in [3.8, 4) is 5.95 Å². The van der Waals surface area contributed by atoms with Crippen LogP contribution in [0, 0.1) is 0 Å². The van der Waals surface area contributed by atoms with Crippen LogP contribution in [-0.2, 0) is 5.75 Å². The van der Waals surface area contributed by atoms with Crippen LogP contribution < -0.4 is 14.9 Å². The molecule has 0 amide bonds. The molecule has 1 aromatic heterocycles. The van der Waals surface area contributed by atoms with Gasteiger partial charge in [0.25, 0.3) is 5.69 Å². The zero-order chi connectivity index (χ0) is 15.5. The maximum absolute atomic E-state index is 12.0. The minimum Gasteiger partial charge on any atom is -0.539 e. The molecule has 5 nitrogen and oxygen atoms in total. The summed E-state index contributed by atoms with van der Waals surface area (Å²) in [6.07, 6.45) is 3.45. The summed E-state index contributed by atoms with van der Waals surface area (Å²) >= 11 is 1.63. The monoisotopic (exact) mass is 319 g/mol. The van der Waals surface area contributed by atoms with Gasteiger partial charge in [-0.15, -0.1) is 16.8 Å². The first kappa shape index (κ1) is 15.2. The maximum atomic E-state index is 12.0. The number of thioether (sulfide) groups is 1. The van der Waals surface area contributed by atoms with E-state index >= 15 is 0 Å². The third kappa shape index (κ3) is 3.06. The van der Waals surface area contributed by atoms with Crippen molar-refractivity contribution < 1.29 is 14.4 Å². The Morgan fingerprint density at radius 3 is 2.64 bits per heavy atom. The van der Waals surface area contributed by atoms with Crippen molar-refractivity contribution in [1.82, 2.24) is 5.27 Å². The fourth-order valence-electron chi connectivity index (χ4n) is 3.01. The van der Waals surface area contributed by atoms with E-state index in [1.54, 1.807) is 16.6 Å². The highest BCUT2D eigenvalue weighted by molar-refractivity contribution is 7.98. The van der Waals surface area contributed by atoms with E-state index in [0.29, 0.717) is 23.5 Å². The van der Waals surface area contributed by atoms with Gasteiger partial charge in [0.1, 0.15) is 5.27 Å². The van der Waals surface area contributed by atoms with E-state index in [0.717, 1.165) is 17.7 Å². The second kappa shape index (κ2) is 6.60. The number of rotatable bonds is 4. The molecule has 3 rings (SSSR count). The van der Waals surface area contributed by atoms with Crippen LogP contribution in [0.3, 0.4) is 0 Å². The molecule has 2 atom stereocenters. The summed E-state index contributed by atoms with van der Waals surface area (Å²) in [5.41, 5.74) is 0.606. The summed E-state index contributed by atoms with van der Waals surface area (Å²) in [5.74, 6) is 0.218. The lowest BCUT2D eigenvalue weighted by atomic mass is 10.00. The van der Waals surface area contributed by atoms with E-state index in [1.165, 1.54) is 6.42 Å². The Bertz CT molecular complexity index is 607. The Labute approximate surface area is 134 Å². The first-order valence-corrected chi connectivity index (χ1v) is 8.69. The molecule has 0 bridgehead atoms. The van der Waals surface area contributed by atoms with Crippen molar-refractivity contribution >= 4 is 11.8 Å². The predicted octanol–water partition coefficient (Wildman–Crippen LogP) is 2.23. The van der Waals surface area contributed by atoms with Gasteiger partial charge in [-0.1, -0.05) is 18.2 Å². The molecule has 118 valence electrons. The summed E-state index contributed by atoms with van der Waals surface area (Å²) in [6, 6.07) is 10.8. The summed E-state index contributed by atoms with van der Waals surface area (Å²) in [5, 5.41) is 18.2. The highest BCUT2D eigenvalue weighted by Gasteiger charge is 2.35. The van der Waals surface area contributed by atoms with E-state index in [1.807, 2.05) is 30.3 Å². The molecule has 6 heteroatoms. The number of nitrogens with zero attached hydrogens (tertiary/aromatic N) is 3. The van der Waals surface area contributed by atoms with Crippen LogP contribution in [0.25, 0.3) is 0 Å². The van der Waals surface area contributed by atoms with Gasteiger partial charge in [0, 0.05) is 9.69 Å². The Morgan fingerprint density at radius 2 is 1.95 bits per heavy atom. The second-order valence-corrected chi connectivity index (χ2v) is 6.86. The molecule has 0 aliphatic carbocycles. The average Bonchev–Trinajstić information content (AvgIpc) is 2.87. The van der Waals surface area contributed by atoms with Gasteiger partial charge in [-0.25, -0.2) is 0 Å². The summed E-state index contributed by atoms with van der Waals surface area (Å²) in [7, 11) is 0. The molecule has 1 aromatic carbocycles. The van der Waals surface area contributed by atoms with Crippen LogP contribution in [0.15, 0.2) is 39.8 Å². The van der Waals surface area contributed by atoms with Crippen molar-refractivity contribution in [2.45, 2.75) is 55.8 Å². The van der Waals surface area contributed by atoms with Crippen molar-refractivity contribution in [1.29, 1.82) is 0 Å². The average molecular weight is 319 g/mol. The highest BCUT2D eigenvalue weighted by Crippen LogP contribution is 2.25. The third-order valence-electron chi connectivity index (χ3n) is 4.16. The van der Waals surface area contributed by atoms with Gasteiger partial charge in [0.15, 0.2) is 5.95 Å². The number of hydrogen-bond acceptors (Lipinski definition) is 5. The number of piperidine rings is 1. The lowest BCUT2D eigenvalue weighted by Gasteiger charge is -2.32. The van der Waals surface area contributed by atoms with Crippen molar-refractivity contribution in [3.63, 3.8) is 0 Å². The molecule has 0 spiro atoms. The largest absolute Gasteiger partial charge is 0.539 e. The molecule has 2 unspecified atom stereocenters. The van der Waals surface area contributed by atoms with E-state index in [2.05, 4.69) is 24.1 Å². The molecule has 22 heavy (non-hydrogen) atoms. The van der Waals surface area contributed by atoms with E-state index < -0.39 is 0 Å². The van der Waals surface area contributed by atoms with Crippen molar-refractivity contribution in [2.24, 2.45) is 0 Å². The predicted molar refractivity (Wildman–Crippen MR) is 83.1 cm³/mol.